The molecule has 2 fully saturated rings. The lowest BCUT2D eigenvalue weighted by atomic mass is 9.51. The molecule has 2 saturated carbocycles. The topological polar surface area (TPSA) is 23.8 Å². The number of nitriles is 1. The summed E-state index contributed by atoms with van der Waals surface area (Å²) in [4.78, 5) is 0. The zero-order valence-electron chi connectivity index (χ0n) is 13.3. The molecule has 3 atom stereocenters. The molecule has 0 aromatic heterocycles. The van der Waals surface area contributed by atoms with Crippen LogP contribution in [0.1, 0.15) is 81.8 Å². The van der Waals surface area contributed by atoms with Gasteiger partial charge >= 0.3 is 0 Å². The van der Waals surface area contributed by atoms with Crippen LogP contribution in [0, 0.1) is 22.7 Å². The van der Waals surface area contributed by atoms with Gasteiger partial charge in [-0.3, -0.25) is 0 Å². The molecule has 3 rings (SSSR count). The summed E-state index contributed by atoms with van der Waals surface area (Å²) in [6, 6.07) is 10.7. The molecule has 21 heavy (non-hydrogen) atoms. The van der Waals surface area contributed by atoms with Crippen LogP contribution in [0.15, 0.2) is 24.3 Å². The highest BCUT2D eigenvalue weighted by atomic mass is 14.5. The summed E-state index contributed by atoms with van der Waals surface area (Å²) in [5, 5.41) is 9.01. The van der Waals surface area contributed by atoms with Crippen LogP contribution < -0.4 is 0 Å². The second kappa shape index (κ2) is 6.22. The molecule has 0 saturated heterocycles. The first-order valence-corrected chi connectivity index (χ1v) is 8.80. The van der Waals surface area contributed by atoms with Gasteiger partial charge in [-0.05, 0) is 67.1 Å². The average molecular weight is 281 g/mol. The Morgan fingerprint density at radius 1 is 1.10 bits per heavy atom. The molecule has 0 heterocycles. The van der Waals surface area contributed by atoms with Crippen molar-refractivity contribution in [2.24, 2.45) is 11.3 Å². The van der Waals surface area contributed by atoms with Gasteiger partial charge in [0.25, 0.3) is 0 Å². The van der Waals surface area contributed by atoms with Crippen LogP contribution in [0.25, 0.3) is 0 Å². The lowest BCUT2D eigenvalue weighted by molar-refractivity contribution is 0.0114. The molecular weight excluding hydrogens is 254 g/mol. The summed E-state index contributed by atoms with van der Waals surface area (Å²) in [6.07, 6.45) is 12.6. The largest absolute Gasteiger partial charge is 0.192 e. The Labute approximate surface area is 129 Å². The summed E-state index contributed by atoms with van der Waals surface area (Å²) in [7, 11) is 0. The van der Waals surface area contributed by atoms with Crippen molar-refractivity contribution in [1.82, 2.24) is 0 Å². The first-order chi connectivity index (χ1) is 10.3. The molecule has 2 aliphatic rings. The Kier molecular flexibility index (Phi) is 4.34. The van der Waals surface area contributed by atoms with Crippen molar-refractivity contribution in [3.05, 3.63) is 35.4 Å². The molecule has 2 aliphatic carbocycles. The van der Waals surface area contributed by atoms with E-state index in [-0.39, 0.29) is 0 Å². The summed E-state index contributed by atoms with van der Waals surface area (Å²) >= 11 is 0. The van der Waals surface area contributed by atoms with Gasteiger partial charge in [-0.1, -0.05) is 44.7 Å². The van der Waals surface area contributed by atoms with Gasteiger partial charge in [0, 0.05) is 0 Å². The molecule has 1 heteroatoms. The number of rotatable bonds is 3. The molecule has 1 unspecified atom stereocenters. The van der Waals surface area contributed by atoms with Gasteiger partial charge in [0.2, 0.25) is 0 Å². The fourth-order valence-electron chi connectivity index (χ4n) is 5.34. The monoisotopic (exact) mass is 281 g/mol. The van der Waals surface area contributed by atoms with E-state index < -0.39 is 0 Å². The second-order valence-electron chi connectivity index (χ2n) is 7.14. The van der Waals surface area contributed by atoms with Crippen LogP contribution in [-0.4, -0.2) is 0 Å². The van der Waals surface area contributed by atoms with Crippen LogP contribution in [0.5, 0.6) is 0 Å². The standard InChI is InChI=1S/C20H27N/c1-2-13-20-14-4-3-6-18(20)7-5-8-19(20)17-11-9-16(15-21)10-12-17/h9-12,18-19H,2-8,13-14H2,1H3/t18-,19?,20+/m1/s1. The maximum Gasteiger partial charge on any atom is 0.0991 e. The lowest BCUT2D eigenvalue weighted by Crippen LogP contribution is -2.42. The molecule has 0 aliphatic heterocycles. The van der Waals surface area contributed by atoms with Crippen molar-refractivity contribution in [3.8, 4) is 6.07 Å². The van der Waals surface area contributed by atoms with Gasteiger partial charge in [0.1, 0.15) is 0 Å². The number of hydrogen-bond acceptors (Lipinski definition) is 1. The van der Waals surface area contributed by atoms with Crippen LogP contribution >= 0.6 is 0 Å². The number of fused-ring (bicyclic) bond motifs is 1. The lowest BCUT2D eigenvalue weighted by Gasteiger charge is -2.53. The minimum absolute atomic E-state index is 0.555. The summed E-state index contributed by atoms with van der Waals surface area (Å²) in [5.41, 5.74) is 2.84. The van der Waals surface area contributed by atoms with Gasteiger partial charge in [-0.15, -0.1) is 0 Å². The first-order valence-electron chi connectivity index (χ1n) is 8.80. The van der Waals surface area contributed by atoms with E-state index in [4.69, 9.17) is 5.26 Å². The maximum absolute atomic E-state index is 9.01. The van der Waals surface area contributed by atoms with Crippen LogP contribution in [-0.2, 0) is 0 Å². The molecule has 1 aromatic rings. The first kappa shape index (κ1) is 14.6. The van der Waals surface area contributed by atoms with Gasteiger partial charge < -0.3 is 0 Å². The van der Waals surface area contributed by atoms with Crippen molar-refractivity contribution in [1.29, 1.82) is 5.26 Å². The van der Waals surface area contributed by atoms with E-state index in [1.807, 2.05) is 12.1 Å². The predicted molar refractivity (Wildman–Crippen MR) is 87.0 cm³/mol. The normalized spacial score (nSPS) is 32.2. The number of nitrogens with zero attached hydrogens (tertiary/aromatic N) is 1. The minimum Gasteiger partial charge on any atom is -0.192 e. The number of hydrogen-bond donors (Lipinski definition) is 0. The predicted octanol–water partition coefficient (Wildman–Crippen LogP) is 5.80. The van der Waals surface area contributed by atoms with E-state index in [0.29, 0.717) is 5.41 Å². The van der Waals surface area contributed by atoms with E-state index in [1.165, 1.54) is 63.4 Å². The molecule has 112 valence electrons. The smallest absolute Gasteiger partial charge is 0.0991 e. The summed E-state index contributed by atoms with van der Waals surface area (Å²) in [6.45, 7) is 2.35. The number of benzene rings is 1. The van der Waals surface area contributed by atoms with E-state index in [1.54, 1.807) is 0 Å². The average Bonchev–Trinajstić information content (AvgIpc) is 2.54. The molecule has 0 N–H and O–H groups in total. The SMILES string of the molecule is CCC[C@]12CCCC[C@@H]1CCCC2c1ccc(C#N)cc1. The van der Waals surface area contributed by atoms with Crippen molar-refractivity contribution in [3.63, 3.8) is 0 Å². The third-order valence-electron chi connectivity index (χ3n) is 6.15. The third kappa shape index (κ3) is 2.61. The minimum atomic E-state index is 0.555. The van der Waals surface area contributed by atoms with Crippen LogP contribution in [0.4, 0.5) is 0 Å². The summed E-state index contributed by atoms with van der Waals surface area (Å²) in [5.74, 6) is 1.67. The Morgan fingerprint density at radius 2 is 1.86 bits per heavy atom. The molecule has 1 nitrogen and oxygen atoms in total. The van der Waals surface area contributed by atoms with Gasteiger partial charge in [0.05, 0.1) is 11.6 Å². The van der Waals surface area contributed by atoms with Crippen molar-refractivity contribution in [2.75, 3.05) is 0 Å². The molecule has 0 amide bonds. The Bertz CT molecular complexity index is 504. The van der Waals surface area contributed by atoms with Crippen LogP contribution in [0.3, 0.4) is 0 Å². The highest BCUT2D eigenvalue weighted by Gasteiger charge is 2.47. The second-order valence-corrected chi connectivity index (χ2v) is 7.14. The molecule has 0 radical (unpaired) electrons. The fraction of sp³-hybridized carbons (Fsp3) is 0.650. The zero-order valence-corrected chi connectivity index (χ0v) is 13.3. The molecular formula is C20H27N. The van der Waals surface area contributed by atoms with E-state index in [0.717, 1.165) is 17.4 Å². The van der Waals surface area contributed by atoms with Crippen molar-refractivity contribution >= 4 is 0 Å². The third-order valence-corrected chi connectivity index (χ3v) is 6.15. The maximum atomic E-state index is 9.01. The van der Waals surface area contributed by atoms with Gasteiger partial charge in [-0.2, -0.15) is 5.26 Å². The van der Waals surface area contributed by atoms with E-state index >= 15 is 0 Å². The summed E-state index contributed by atoms with van der Waals surface area (Å²) < 4.78 is 0. The fourth-order valence-corrected chi connectivity index (χ4v) is 5.34. The van der Waals surface area contributed by atoms with E-state index in [2.05, 4.69) is 25.1 Å². The van der Waals surface area contributed by atoms with E-state index in [9.17, 15) is 0 Å². The molecule has 0 bridgehead atoms. The van der Waals surface area contributed by atoms with Gasteiger partial charge in [-0.25, -0.2) is 0 Å². The van der Waals surface area contributed by atoms with Crippen molar-refractivity contribution in [2.45, 2.75) is 70.6 Å². The molecule has 0 spiro atoms. The highest BCUT2D eigenvalue weighted by Crippen LogP contribution is 2.59. The van der Waals surface area contributed by atoms with Crippen molar-refractivity contribution < 1.29 is 0 Å². The highest BCUT2D eigenvalue weighted by molar-refractivity contribution is 5.34. The Hall–Kier alpha value is -1.29. The Balaban J connectivity index is 1.95. The molecule has 1 aromatic carbocycles. The Morgan fingerprint density at radius 3 is 2.57 bits per heavy atom. The quantitative estimate of drug-likeness (QED) is 0.686. The van der Waals surface area contributed by atoms with Crippen LogP contribution in [0.2, 0.25) is 0 Å². The van der Waals surface area contributed by atoms with Gasteiger partial charge in [0.15, 0.2) is 0 Å². The zero-order chi connectivity index (χ0) is 14.7.